The van der Waals surface area contributed by atoms with E-state index in [1.165, 1.54) is 12.0 Å². The van der Waals surface area contributed by atoms with Crippen molar-refractivity contribution in [2.45, 2.75) is 32.6 Å². The minimum Gasteiger partial charge on any atom is -0.312 e. The molecule has 0 saturated heterocycles. The lowest BCUT2D eigenvalue weighted by Gasteiger charge is -2.30. The molecule has 1 aliphatic rings. The van der Waals surface area contributed by atoms with Gasteiger partial charge in [-0.15, -0.1) is 0 Å². The first-order chi connectivity index (χ1) is 8.72. The Kier molecular flexibility index (Phi) is 4.81. The van der Waals surface area contributed by atoms with Gasteiger partial charge in [0.05, 0.1) is 0 Å². The molecule has 1 amide bonds. The Morgan fingerprint density at radius 1 is 1.28 bits per heavy atom. The van der Waals surface area contributed by atoms with Gasteiger partial charge in [-0.3, -0.25) is 4.79 Å². The first-order valence-corrected chi connectivity index (χ1v) is 7.78. The number of anilines is 1. The molecule has 1 atom stereocenters. The van der Waals surface area contributed by atoms with Gasteiger partial charge in [0.25, 0.3) is 0 Å². The third kappa shape index (κ3) is 3.14. The van der Waals surface area contributed by atoms with E-state index in [9.17, 15) is 4.79 Å². The number of amides is 1. The second-order valence-electron chi connectivity index (χ2n) is 5.05. The number of halogens is 1. The van der Waals surface area contributed by atoms with Crippen LogP contribution in [0.15, 0.2) is 24.3 Å². The molecule has 0 aromatic heterocycles. The van der Waals surface area contributed by atoms with E-state index in [0.29, 0.717) is 12.3 Å². The molecular weight excluding hydrogens is 290 g/mol. The Labute approximate surface area is 117 Å². The zero-order chi connectivity index (χ0) is 13.0. The summed E-state index contributed by atoms with van der Waals surface area (Å²) in [5, 5.41) is 1.04. The number of rotatable bonds is 5. The van der Waals surface area contributed by atoms with Gasteiger partial charge in [-0.25, -0.2) is 0 Å². The molecule has 1 aliphatic heterocycles. The molecule has 98 valence electrons. The van der Waals surface area contributed by atoms with Crippen molar-refractivity contribution in [3.05, 3.63) is 29.8 Å². The molecule has 3 heteroatoms. The van der Waals surface area contributed by atoms with Crippen molar-refractivity contribution in [1.82, 2.24) is 0 Å². The fourth-order valence-electron chi connectivity index (χ4n) is 2.42. The van der Waals surface area contributed by atoms with E-state index in [-0.39, 0.29) is 5.91 Å². The van der Waals surface area contributed by atoms with Crippen molar-refractivity contribution < 1.29 is 4.79 Å². The Morgan fingerprint density at radius 2 is 2.06 bits per heavy atom. The third-order valence-electron chi connectivity index (χ3n) is 3.64. The van der Waals surface area contributed by atoms with Gasteiger partial charge >= 0.3 is 0 Å². The lowest BCUT2D eigenvalue weighted by Crippen LogP contribution is -2.36. The lowest BCUT2D eigenvalue weighted by atomic mass is 9.99. The molecule has 1 unspecified atom stereocenters. The number of fused-ring (bicyclic) bond motifs is 1. The molecule has 0 saturated carbocycles. The minimum absolute atomic E-state index is 0.278. The molecule has 0 aliphatic carbocycles. The molecule has 1 aromatic rings. The van der Waals surface area contributed by atoms with Crippen molar-refractivity contribution in [1.29, 1.82) is 0 Å². The van der Waals surface area contributed by atoms with Crippen LogP contribution in [0.25, 0.3) is 0 Å². The highest BCUT2D eigenvalue weighted by molar-refractivity contribution is 9.09. The van der Waals surface area contributed by atoms with Crippen molar-refractivity contribution >= 4 is 27.5 Å². The van der Waals surface area contributed by atoms with Crippen molar-refractivity contribution in [2.75, 3.05) is 16.8 Å². The number of hydrogen-bond acceptors (Lipinski definition) is 1. The van der Waals surface area contributed by atoms with Crippen LogP contribution in [0.4, 0.5) is 5.69 Å². The molecule has 2 nitrogen and oxygen atoms in total. The van der Waals surface area contributed by atoms with Crippen LogP contribution in [0.2, 0.25) is 0 Å². The molecule has 0 radical (unpaired) electrons. The van der Waals surface area contributed by atoms with E-state index in [0.717, 1.165) is 30.4 Å². The number of aryl methyl sites for hydroxylation is 1. The Balaban J connectivity index is 2.05. The summed E-state index contributed by atoms with van der Waals surface area (Å²) < 4.78 is 0. The topological polar surface area (TPSA) is 20.3 Å². The fraction of sp³-hybridized carbons (Fsp3) is 0.533. The number of carbonyl (C=O) groups excluding carboxylic acids is 1. The summed E-state index contributed by atoms with van der Waals surface area (Å²) in [6, 6.07) is 8.28. The zero-order valence-corrected chi connectivity index (χ0v) is 12.4. The van der Waals surface area contributed by atoms with Crippen LogP contribution in [0.1, 0.15) is 31.7 Å². The maximum atomic E-state index is 12.0. The number of para-hydroxylation sites is 1. The molecule has 0 N–H and O–H groups in total. The normalized spacial score (nSPS) is 16.6. The van der Waals surface area contributed by atoms with E-state index >= 15 is 0 Å². The first-order valence-electron chi connectivity index (χ1n) is 6.66. The smallest absolute Gasteiger partial charge is 0.227 e. The quantitative estimate of drug-likeness (QED) is 0.758. The molecule has 2 rings (SSSR count). The Bertz CT molecular complexity index is 419. The van der Waals surface area contributed by atoms with Gasteiger partial charge in [0.1, 0.15) is 0 Å². The van der Waals surface area contributed by atoms with E-state index in [1.807, 2.05) is 11.0 Å². The molecular formula is C15H20BrNO. The predicted octanol–water partition coefficient (Wildman–Crippen LogP) is 3.78. The van der Waals surface area contributed by atoms with Crippen molar-refractivity contribution in [3.63, 3.8) is 0 Å². The maximum absolute atomic E-state index is 12.0. The van der Waals surface area contributed by atoms with Gasteiger partial charge in [0.15, 0.2) is 0 Å². The van der Waals surface area contributed by atoms with Crippen LogP contribution in [0, 0.1) is 5.92 Å². The zero-order valence-electron chi connectivity index (χ0n) is 10.9. The summed E-state index contributed by atoms with van der Waals surface area (Å²) in [5.74, 6) is 0.936. The van der Waals surface area contributed by atoms with Crippen LogP contribution < -0.4 is 4.90 Å². The summed E-state index contributed by atoms with van der Waals surface area (Å²) in [6.45, 7) is 3.10. The summed E-state index contributed by atoms with van der Waals surface area (Å²) in [5.41, 5.74) is 2.44. The standard InChI is InChI=1S/C15H20BrNO/c1-12(8-10-16)9-11-17-14-5-3-2-4-13(14)6-7-15(17)18/h2-5,12H,6-11H2,1H3. The lowest BCUT2D eigenvalue weighted by molar-refractivity contribution is -0.118. The molecule has 0 spiro atoms. The van der Waals surface area contributed by atoms with Crippen molar-refractivity contribution in [3.8, 4) is 0 Å². The SMILES string of the molecule is CC(CCBr)CCN1C(=O)CCc2ccccc21. The summed E-state index contributed by atoms with van der Waals surface area (Å²) in [6.07, 6.45) is 3.79. The second kappa shape index (κ2) is 6.37. The monoisotopic (exact) mass is 309 g/mol. The van der Waals surface area contributed by atoms with E-state index in [1.54, 1.807) is 0 Å². The summed E-state index contributed by atoms with van der Waals surface area (Å²) in [7, 11) is 0. The highest BCUT2D eigenvalue weighted by Crippen LogP contribution is 2.28. The molecule has 0 fully saturated rings. The van der Waals surface area contributed by atoms with Crippen molar-refractivity contribution in [2.24, 2.45) is 5.92 Å². The molecule has 0 bridgehead atoms. The molecule has 1 aromatic carbocycles. The van der Waals surface area contributed by atoms with Crippen LogP contribution in [0.3, 0.4) is 0 Å². The van der Waals surface area contributed by atoms with Crippen LogP contribution in [-0.2, 0) is 11.2 Å². The van der Waals surface area contributed by atoms with Crippen LogP contribution >= 0.6 is 15.9 Å². The largest absolute Gasteiger partial charge is 0.312 e. The van der Waals surface area contributed by atoms with Gasteiger partial charge < -0.3 is 4.90 Å². The van der Waals surface area contributed by atoms with Gasteiger partial charge in [-0.1, -0.05) is 41.1 Å². The van der Waals surface area contributed by atoms with Gasteiger partial charge in [-0.2, -0.15) is 0 Å². The molecule has 18 heavy (non-hydrogen) atoms. The molecule has 1 heterocycles. The average molecular weight is 310 g/mol. The number of hydrogen-bond donors (Lipinski definition) is 0. The van der Waals surface area contributed by atoms with E-state index < -0.39 is 0 Å². The van der Waals surface area contributed by atoms with Crippen LogP contribution in [-0.4, -0.2) is 17.8 Å². The fourth-order valence-corrected chi connectivity index (χ4v) is 3.20. The predicted molar refractivity (Wildman–Crippen MR) is 79.3 cm³/mol. The summed E-state index contributed by atoms with van der Waals surface area (Å²) >= 11 is 3.47. The Hall–Kier alpha value is -0.830. The number of alkyl halides is 1. The summed E-state index contributed by atoms with van der Waals surface area (Å²) in [4.78, 5) is 14.0. The number of carbonyl (C=O) groups is 1. The van der Waals surface area contributed by atoms with E-state index in [2.05, 4.69) is 41.1 Å². The minimum atomic E-state index is 0.278. The highest BCUT2D eigenvalue weighted by Gasteiger charge is 2.23. The van der Waals surface area contributed by atoms with Gasteiger partial charge in [0, 0.05) is 24.0 Å². The first kappa shape index (κ1) is 13.6. The number of benzene rings is 1. The Morgan fingerprint density at radius 3 is 2.83 bits per heavy atom. The third-order valence-corrected chi connectivity index (χ3v) is 4.10. The van der Waals surface area contributed by atoms with Gasteiger partial charge in [-0.05, 0) is 36.8 Å². The second-order valence-corrected chi connectivity index (χ2v) is 5.84. The van der Waals surface area contributed by atoms with Crippen LogP contribution in [0.5, 0.6) is 0 Å². The van der Waals surface area contributed by atoms with E-state index in [4.69, 9.17) is 0 Å². The van der Waals surface area contributed by atoms with Gasteiger partial charge in [0.2, 0.25) is 5.91 Å². The highest BCUT2D eigenvalue weighted by atomic mass is 79.9. The average Bonchev–Trinajstić information content (AvgIpc) is 2.38. The maximum Gasteiger partial charge on any atom is 0.227 e. The number of nitrogens with zero attached hydrogens (tertiary/aromatic N) is 1.